The van der Waals surface area contributed by atoms with E-state index in [1.165, 1.54) is 7.11 Å². The first-order valence-electron chi connectivity index (χ1n) is 3.73. The summed E-state index contributed by atoms with van der Waals surface area (Å²) in [5.41, 5.74) is 0.791. The van der Waals surface area contributed by atoms with E-state index in [1.54, 1.807) is 6.20 Å². The highest BCUT2D eigenvalue weighted by atomic mass is 16.5. The minimum Gasteiger partial charge on any atom is -0.377 e. The third-order valence-corrected chi connectivity index (χ3v) is 1.41. The van der Waals surface area contributed by atoms with Crippen LogP contribution in [-0.2, 0) is 16.0 Å². The highest BCUT2D eigenvalue weighted by Gasteiger charge is 2.02. The largest absolute Gasteiger partial charge is 0.377 e. The van der Waals surface area contributed by atoms with Gasteiger partial charge in [0.05, 0.1) is 6.42 Å². The van der Waals surface area contributed by atoms with Gasteiger partial charge in [-0.05, 0) is 12.1 Å². The summed E-state index contributed by atoms with van der Waals surface area (Å²) in [6.45, 7) is 0.163. The summed E-state index contributed by atoms with van der Waals surface area (Å²) in [6.07, 6.45) is 2.03. The van der Waals surface area contributed by atoms with E-state index in [0.29, 0.717) is 6.42 Å². The molecular formula is C9H11NO2. The molecule has 0 N–H and O–H groups in total. The van der Waals surface area contributed by atoms with Crippen LogP contribution in [0.3, 0.4) is 0 Å². The number of aromatic nitrogens is 1. The fraction of sp³-hybridized carbons (Fsp3) is 0.333. The Hall–Kier alpha value is -1.22. The second kappa shape index (κ2) is 4.62. The summed E-state index contributed by atoms with van der Waals surface area (Å²) in [7, 11) is 1.51. The van der Waals surface area contributed by atoms with Crippen molar-refractivity contribution in [3.63, 3.8) is 0 Å². The van der Waals surface area contributed by atoms with Gasteiger partial charge >= 0.3 is 0 Å². The van der Waals surface area contributed by atoms with Crippen LogP contribution < -0.4 is 0 Å². The molecule has 3 heteroatoms. The number of methoxy groups -OCH3 is 1. The molecule has 0 bridgehead atoms. The highest BCUT2D eigenvalue weighted by Crippen LogP contribution is 1.95. The van der Waals surface area contributed by atoms with Crippen molar-refractivity contribution in [3.8, 4) is 0 Å². The average molecular weight is 165 g/mol. The minimum atomic E-state index is 0.0520. The zero-order chi connectivity index (χ0) is 8.81. The van der Waals surface area contributed by atoms with Crippen molar-refractivity contribution >= 4 is 5.78 Å². The predicted octanol–water partition coefficient (Wildman–Crippen LogP) is 0.840. The lowest BCUT2D eigenvalue weighted by Crippen LogP contribution is -2.10. The number of ether oxygens (including phenoxy) is 1. The lowest BCUT2D eigenvalue weighted by Gasteiger charge is -1.97. The van der Waals surface area contributed by atoms with Crippen molar-refractivity contribution in [1.29, 1.82) is 0 Å². The predicted molar refractivity (Wildman–Crippen MR) is 44.8 cm³/mol. The Bertz CT molecular complexity index is 246. The second-order valence-electron chi connectivity index (χ2n) is 2.47. The zero-order valence-electron chi connectivity index (χ0n) is 6.99. The van der Waals surface area contributed by atoms with Crippen LogP contribution in [0.5, 0.6) is 0 Å². The van der Waals surface area contributed by atoms with E-state index in [9.17, 15) is 4.79 Å². The molecule has 0 aliphatic rings. The van der Waals surface area contributed by atoms with Gasteiger partial charge in [-0.15, -0.1) is 0 Å². The van der Waals surface area contributed by atoms with E-state index < -0.39 is 0 Å². The third kappa shape index (κ3) is 2.80. The Balaban J connectivity index is 2.47. The zero-order valence-corrected chi connectivity index (χ0v) is 6.99. The SMILES string of the molecule is COCC(=O)Cc1ccccn1. The lowest BCUT2D eigenvalue weighted by atomic mass is 10.2. The monoisotopic (exact) mass is 165 g/mol. The van der Waals surface area contributed by atoms with Crippen molar-refractivity contribution < 1.29 is 9.53 Å². The Morgan fingerprint density at radius 1 is 1.58 bits per heavy atom. The van der Waals surface area contributed by atoms with Crippen LogP contribution in [0, 0.1) is 0 Å². The van der Waals surface area contributed by atoms with Crippen molar-refractivity contribution in [2.45, 2.75) is 6.42 Å². The summed E-state index contributed by atoms with van der Waals surface area (Å²) in [5, 5.41) is 0. The lowest BCUT2D eigenvalue weighted by molar-refractivity contribution is -0.122. The maximum absolute atomic E-state index is 11.0. The van der Waals surface area contributed by atoms with Crippen molar-refractivity contribution in [1.82, 2.24) is 4.98 Å². The molecule has 0 fully saturated rings. The molecule has 1 aromatic heterocycles. The van der Waals surface area contributed by atoms with Gasteiger partial charge in [0.2, 0.25) is 0 Å². The molecule has 64 valence electrons. The van der Waals surface area contributed by atoms with E-state index >= 15 is 0 Å². The van der Waals surface area contributed by atoms with Gasteiger partial charge in [-0.2, -0.15) is 0 Å². The number of hydrogen-bond donors (Lipinski definition) is 0. The molecule has 0 saturated heterocycles. The molecule has 0 unspecified atom stereocenters. The average Bonchev–Trinajstić information content (AvgIpc) is 2.06. The van der Waals surface area contributed by atoms with Crippen LogP contribution in [0.4, 0.5) is 0 Å². The molecule has 3 nitrogen and oxygen atoms in total. The van der Waals surface area contributed by atoms with Crippen molar-refractivity contribution in [3.05, 3.63) is 30.1 Å². The molecule has 1 rings (SSSR count). The number of nitrogens with zero attached hydrogens (tertiary/aromatic N) is 1. The molecule has 0 spiro atoms. The summed E-state index contributed by atoms with van der Waals surface area (Å²) in [5.74, 6) is 0.0520. The Morgan fingerprint density at radius 2 is 2.42 bits per heavy atom. The number of ketones is 1. The normalized spacial score (nSPS) is 9.75. The smallest absolute Gasteiger partial charge is 0.164 e. The van der Waals surface area contributed by atoms with E-state index in [0.717, 1.165) is 5.69 Å². The molecular weight excluding hydrogens is 154 g/mol. The first-order valence-corrected chi connectivity index (χ1v) is 3.73. The summed E-state index contributed by atoms with van der Waals surface area (Å²) < 4.78 is 4.70. The molecule has 0 radical (unpaired) electrons. The maximum Gasteiger partial charge on any atom is 0.164 e. The quantitative estimate of drug-likeness (QED) is 0.663. The minimum absolute atomic E-state index is 0.0520. The van der Waals surface area contributed by atoms with Gasteiger partial charge in [-0.3, -0.25) is 9.78 Å². The Morgan fingerprint density at radius 3 is 3.00 bits per heavy atom. The number of hydrogen-bond acceptors (Lipinski definition) is 3. The summed E-state index contributed by atoms with van der Waals surface area (Å²) >= 11 is 0. The van der Waals surface area contributed by atoms with E-state index in [1.807, 2.05) is 18.2 Å². The molecule has 1 heterocycles. The van der Waals surface area contributed by atoms with Crippen LogP contribution in [0.15, 0.2) is 24.4 Å². The van der Waals surface area contributed by atoms with E-state index in [-0.39, 0.29) is 12.4 Å². The van der Waals surface area contributed by atoms with Crippen LogP contribution in [0.2, 0.25) is 0 Å². The molecule has 0 amide bonds. The van der Waals surface area contributed by atoms with Gasteiger partial charge in [0.15, 0.2) is 5.78 Å². The van der Waals surface area contributed by atoms with E-state index in [4.69, 9.17) is 4.74 Å². The number of pyridine rings is 1. The van der Waals surface area contributed by atoms with Gasteiger partial charge < -0.3 is 4.74 Å². The Labute approximate surface area is 71.4 Å². The molecule has 0 aliphatic carbocycles. The van der Waals surface area contributed by atoms with Gasteiger partial charge in [0.1, 0.15) is 6.61 Å². The number of rotatable bonds is 4. The molecule has 0 aromatic carbocycles. The summed E-state index contributed by atoms with van der Waals surface area (Å²) in [6, 6.07) is 5.51. The fourth-order valence-electron chi connectivity index (χ4n) is 0.917. The maximum atomic E-state index is 11.0. The van der Waals surface area contributed by atoms with Crippen LogP contribution in [0.25, 0.3) is 0 Å². The first kappa shape index (κ1) is 8.87. The molecule has 0 aliphatic heterocycles. The van der Waals surface area contributed by atoms with Crippen LogP contribution in [-0.4, -0.2) is 24.5 Å². The van der Waals surface area contributed by atoms with Gasteiger partial charge in [0.25, 0.3) is 0 Å². The Kier molecular flexibility index (Phi) is 3.41. The third-order valence-electron chi connectivity index (χ3n) is 1.41. The molecule has 12 heavy (non-hydrogen) atoms. The van der Waals surface area contributed by atoms with Crippen LogP contribution in [0.1, 0.15) is 5.69 Å². The fourth-order valence-corrected chi connectivity index (χ4v) is 0.917. The standard InChI is InChI=1S/C9H11NO2/c1-12-7-9(11)6-8-4-2-3-5-10-8/h2-5H,6-7H2,1H3. The van der Waals surface area contributed by atoms with E-state index in [2.05, 4.69) is 4.98 Å². The number of Topliss-reactive ketones (excluding diaryl/α,β-unsaturated/α-hetero) is 1. The second-order valence-corrected chi connectivity index (χ2v) is 2.47. The van der Waals surface area contributed by atoms with Crippen LogP contribution >= 0.6 is 0 Å². The molecule has 0 saturated carbocycles. The molecule has 1 aromatic rings. The molecule has 0 atom stereocenters. The van der Waals surface area contributed by atoms with Gasteiger partial charge in [-0.25, -0.2) is 0 Å². The number of carbonyl (C=O) groups excluding carboxylic acids is 1. The van der Waals surface area contributed by atoms with Gasteiger partial charge in [0, 0.05) is 19.0 Å². The topological polar surface area (TPSA) is 39.2 Å². The first-order chi connectivity index (χ1) is 5.83. The van der Waals surface area contributed by atoms with Crippen molar-refractivity contribution in [2.75, 3.05) is 13.7 Å². The van der Waals surface area contributed by atoms with Gasteiger partial charge in [-0.1, -0.05) is 6.07 Å². The summed E-state index contributed by atoms with van der Waals surface area (Å²) in [4.78, 5) is 15.1. The van der Waals surface area contributed by atoms with Crippen molar-refractivity contribution in [2.24, 2.45) is 0 Å². The highest BCUT2D eigenvalue weighted by molar-refractivity contribution is 5.81. The number of carbonyl (C=O) groups is 1.